The van der Waals surface area contributed by atoms with E-state index in [-0.39, 0.29) is 51.7 Å². The smallest absolute Gasteiger partial charge is 0.410 e. The van der Waals surface area contributed by atoms with Gasteiger partial charge in [0.25, 0.3) is 0 Å². The van der Waals surface area contributed by atoms with Crippen LogP contribution in [0.5, 0.6) is 5.75 Å². The van der Waals surface area contributed by atoms with Crippen molar-refractivity contribution in [2.45, 2.75) is 84.5 Å². The molecular weight excluding hydrogens is 659 g/mol. The first-order chi connectivity index (χ1) is 23.1. The molecule has 1 saturated carbocycles. The number of piperidine rings is 1. The third kappa shape index (κ3) is 7.92. The first-order valence-electron chi connectivity index (χ1n) is 16.9. The zero-order chi connectivity index (χ0) is 36.2. The maximum atomic E-state index is 14.5. The molecule has 2 heterocycles. The summed E-state index contributed by atoms with van der Waals surface area (Å²) in [4.78, 5) is 58.5. The van der Waals surface area contributed by atoms with Crippen molar-refractivity contribution in [2.75, 3.05) is 52.9 Å². The van der Waals surface area contributed by atoms with Gasteiger partial charge in [-0.3, -0.25) is 18.9 Å². The van der Waals surface area contributed by atoms with E-state index in [9.17, 15) is 28.8 Å². The van der Waals surface area contributed by atoms with Crippen molar-refractivity contribution in [1.29, 1.82) is 0 Å². The minimum Gasteiger partial charge on any atom is -0.497 e. The highest BCUT2D eigenvalue weighted by molar-refractivity contribution is 7.54. The van der Waals surface area contributed by atoms with Gasteiger partial charge < -0.3 is 42.9 Å². The van der Waals surface area contributed by atoms with E-state index in [0.29, 0.717) is 12.2 Å². The van der Waals surface area contributed by atoms with Crippen LogP contribution in [0.3, 0.4) is 0 Å². The zero-order valence-electron chi connectivity index (χ0n) is 29.6. The Morgan fingerprint density at radius 2 is 1.65 bits per heavy atom. The van der Waals surface area contributed by atoms with Crippen LogP contribution in [0.25, 0.3) is 0 Å². The van der Waals surface area contributed by atoms with Gasteiger partial charge in [0.15, 0.2) is 0 Å². The second-order valence-electron chi connectivity index (χ2n) is 13.8. The monoisotopic (exact) mass is 710 g/mol. The predicted molar refractivity (Wildman–Crippen MR) is 177 cm³/mol. The van der Waals surface area contributed by atoms with Crippen molar-refractivity contribution >= 4 is 31.5 Å². The van der Waals surface area contributed by atoms with Gasteiger partial charge in [0.1, 0.15) is 24.1 Å². The number of esters is 2. The second-order valence-corrected chi connectivity index (χ2v) is 15.9. The van der Waals surface area contributed by atoms with Crippen LogP contribution in [0.4, 0.5) is 4.79 Å². The van der Waals surface area contributed by atoms with Crippen molar-refractivity contribution in [1.82, 2.24) is 9.80 Å². The molecule has 1 aliphatic carbocycles. The van der Waals surface area contributed by atoms with Gasteiger partial charge in [-0.1, -0.05) is 12.1 Å². The molecule has 3 fully saturated rings. The Morgan fingerprint density at radius 1 is 1.00 bits per heavy atom. The lowest BCUT2D eigenvalue weighted by molar-refractivity contribution is -0.181. The third-order valence-corrected chi connectivity index (χ3v) is 11.5. The fourth-order valence-electron chi connectivity index (χ4n) is 7.95. The fraction of sp³-hybridized carbons (Fsp3) is 0.706. The van der Waals surface area contributed by atoms with E-state index in [2.05, 4.69) is 0 Å². The number of benzene rings is 1. The molecule has 2 aliphatic heterocycles. The molecule has 15 heteroatoms. The number of aliphatic hydroxyl groups excluding tert-OH is 1. The summed E-state index contributed by atoms with van der Waals surface area (Å²) < 4.78 is 46.1. The number of hydrogen-bond acceptors (Lipinski definition) is 12. The van der Waals surface area contributed by atoms with Crippen molar-refractivity contribution in [3.8, 4) is 5.75 Å². The summed E-state index contributed by atoms with van der Waals surface area (Å²) in [5.41, 5.74) is -2.91. The Morgan fingerprint density at radius 3 is 2.20 bits per heavy atom. The molecule has 14 nitrogen and oxygen atoms in total. The van der Waals surface area contributed by atoms with Crippen LogP contribution in [0.2, 0.25) is 0 Å². The van der Waals surface area contributed by atoms with Crippen molar-refractivity contribution < 1.29 is 56.8 Å². The lowest BCUT2D eigenvalue weighted by Crippen LogP contribution is -2.76. The number of nitrogens with zero attached hydrogens (tertiary/aromatic N) is 2. The summed E-state index contributed by atoms with van der Waals surface area (Å²) in [7, 11) is -2.27. The second kappa shape index (κ2) is 15.4. The molecule has 49 heavy (non-hydrogen) atoms. The summed E-state index contributed by atoms with van der Waals surface area (Å²) in [6.07, 6.45) is -1.18. The number of amides is 2. The Labute approximate surface area is 288 Å². The average Bonchev–Trinajstić information content (AvgIpc) is 3.18. The van der Waals surface area contributed by atoms with Crippen LogP contribution in [-0.2, 0) is 48.8 Å². The highest BCUT2D eigenvalue weighted by Gasteiger charge is 2.74. The molecule has 0 radical (unpaired) electrons. The first kappa shape index (κ1) is 38.6. The summed E-state index contributed by atoms with van der Waals surface area (Å²) >= 11 is 0. The van der Waals surface area contributed by atoms with E-state index < -0.39 is 79.4 Å². The molecule has 0 unspecified atom stereocenters. The molecule has 4 rings (SSSR count). The lowest BCUT2D eigenvalue weighted by Gasteiger charge is -2.62. The maximum Gasteiger partial charge on any atom is 0.410 e. The zero-order valence-corrected chi connectivity index (χ0v) is 30.5. The Bertz CT molecular complexity index is 1400. The molecule has 1 aromatic rings. The number of rotatable bonds is 15. The van der Waals surface area contributed by atoms with Gasteiger partial charge in [-0.15, -0.1) is 0 Å². The summed E-state index contributed by atoms with van der Waals surface area (Å²) in [6.45, 7) is 9.54. The van der Waals surface area contributed by atoms with Crippen molar-refractivity contribution in [3.05, 3.63) is 29.8 Å². The number of carbonyl (C=O) groups is 4. The standard InChI is InChI=1S/C34H51N2O12P/c1-8-44-27(38)18-34-26-15-16-35(31(41)48-32(4,5)6)30(34)33(21-37,22-45-28(39)20-49(42,46-9-2)47-10-3)17-25(26)29(40)36(34)19-23-11-13-24(43-7)14-12-23/h11-14,25-26,30,37H,8-10,15-22H2,1-7H3/t25-,26-,30+,33-,34+/m1/s1. The topological polar surface area (TPSA) is 167 Å². The van der Waals surface area contributed by atoms with E-state index in [1.54, 1.807) is 65.7 Å². The minimum absolute atomic E-state index is 0.0453. The van der Waals surface area contributed by atoms with Crippen LogP contribution >= 0.6 is 7.60 Å². The number of ether oxygens (including phenoxy) is 4. The number of aliphatic hydroxyl groups is 1. The fourth-order valence-corrected chi connectivity index (χ4v) is 9.40. The van der Waals surface area contributed by atoms with E-state index in [1.165, 1.54) is 4.90 Å². The molecule has 0 spiro atoms. The highest BCUT2D eigenvalue weighted by atomic mass is 31.2. The largest absolute Gasteiger partial charge is 0.497 e. The summed E-state index contributed by atoms with van der Waals surface area (Å²) in [6, 6.07) is 6.15. The Hall–Kier alpha value is -3.19. The maximum absolute atomic E-state index is 14.5. The van der Waals surface area contributed by atoms with E-state index in [0.717, 1.165) is 5.56 Å². The van der Waals surface area contributed by atoms with Gasteiger partial charge in [0, 0.05) is 19.0 Å². The van der Waals surface area contributed by atoms with E-state index in [4.69, 9.17) is 28.0 Å². The number of likely N-dealkylation sites (tertiary alicyclic amines) is 2. The normalized spacial score (nSPS) is 26.4. The molecule has 2 amide bonds. The number of carbonyl (C=O) groups excluding carboxylic acids is 4. The highest BCUT2D eigenvalue weighted by Crippen LogP contribution is 2.62. The Kier molecular flexibility index (Phi) is 12.1. The van der Waals surface area contributed by atoms with E-state index >= 15 is 0 Å². The summed E-state index contributed by atoms with van der Waals surface area (Å²) in [5, 5.41) is 11.3. The number of methoxy groups -OCH3 is 1. The quantitative estimate of drug-likeness (QED) is 0.157. The van der Waals surface area contributed by atoms with Crippen LogP contribution in [0.1, 0.15) is 66.4 Å². The molecule has 1 aromatic carbocycles. The minimum atomic E-state index is -3.82. The van der Waals surface area contributed by atoms with E-state index in [1.807, 2.05) is 12.1 Å². The van der Waals surface area contributed by atoms with Gasteiger partial charge >= 0.3 is 25.6 Å². The molecule has 5 atom stereocenters. The molecule has 2 saturated heterocycles. The van der Waals surface area contributed by atoms with Crippen LogP contribution in [0.15, 0.2) is 24.3 Å². The van der Waals surface area contributed by atoms with Gasteiger partial charge in [0.05, 0.1) is 57.0 Å². The summed E-state index contributed by atoms with van der Waals surface area (Å²) in [5.74, 6) is -2.13. The van der Waals surface area contributed by atoms with Gasteiger partial charge in [-0.25, -0.2) is 4.79 Å². The van der Waals surface area contributed by atoms with Crippen molar-refractivity contribution in [3.63, 3.8) is 0 Å². The molecule has 1 N–H and O–H groups in total. The first-order valence-corrected chi connectivity index (χ1v) is 18.6. The molecule has 3 aliphatic rings. The van der Waals surface area contributed by atoms with Gasteiger partial charge in [0.2, 0.25) is 5.91 Å². The number of hydrogen-bond donors (Lipinski definition) is 1. The molecule has 274 valence electrons. The van der Waals surface area contributed by atoms with Crippen LogP contribution in [-0.4, -0.2) is 109 Å². The van der Waals surface area contributed by atoms with Crippen molar-refractivity contribution in [2.24, 2.45) is 17.3 Å². The predicted octanol–water partition coefficient (Wildman–Crippen LogP) is 4.16. The van der Waals surface area contributed by atoms with Gasteiger partial charge in [-0.2, -0.15) is 0 Å². The SMILES string of the molecule is CCOC(=O)C[C@]12[C@@H]3CCN(C(=O)OC(C)(C)C)[C@H]1[C@](CO)(COC(=O)CP(=O)(OCC)OCC)C[C@H]3C(=O)N2Cc1ccc(OC)cc1. The van der Waals surface area contributed by atoms with Crippen LogP contribution in [0, 0.1) is 17.3 Å². The molecule has 4 bridgehead atoms. The van der Waals surface area contributed by atoms with Gasteiger partial charge in [-0.05, 0) is 78.0 Å². The Balaban J connectivity index is 1.85. The molecular formula is C34H51N2O12P. The average molecular weight is 711 g/mol. The lowest BCUT2D eigenvalue weighted by atomic mass is 9.52. The third-order valence-electron chi connectivity index (χ3n) is 9.56. The van der Waals surface area contributed by atoms with Crippen LogP contribution < -0.4 is 4.74 Å². The molecule has 0 aromatic heterocycles.